The molecule has 25 heavy (non-hydrogen) atoms. The molecular weight excluding hydrogens is 360 g/mol. The first kappa shape index (κ1) is 18.2. The molecule has 3 rings (SSSR count). The maximum absolute atomic E-state index is 12.6. The van der Waals surface area contributed by atoms with E-state index in [1.165, 1.54) is 15.6 Å². The zero-order valence-electron chi connectivity index (χ0n) is 13.9. The molecule has 0 unspecified atom stereocenters. The highest BCUT2D eigenvalue weighted by molar-refractivity contribution is 7.91. The van der Waals surface area contributed by atoms with Crippen molar-refractivity contribution in [1.82, 2.24) is 9.62 Å². The monoisotopic (exact) mass is 382 g/mol. The zero-order valence-corrected chi connectivity index (χ0v) is 15.5. The molecular formula is C17H22N2O4S2. The Morgan fingerprint density at radius 3 is 2.96 bits per heavy atom. The third-order valence-corrected chi connectivity index (χ3v) is 7.56. The molecule has 0 aliphatic carbocycles. The largest absolute Gasteiger partial charge is 0.469 e. The van der Waals surface area contributed by atoms with Crippen LogP contribution in [0.15, 0.2) is 44.5 Å². The van der Waals surface area contributed by atoms with Crippen LogP contribution in [0.2, 0.25) is 0 Å². The van der Waals surface area contributed by atoms with Crippen molar-refractivity contribution in [2.24, 2.45) is 5.92 Å². The van der Waals surface area contributed by atoms with Crippen LogP contribution >= 0.6 is 11.3 Å². The molecule has 136 valence electrons. The number of sulfonamides is 1. The Balaban J connectivity index is 1.49. The van der Waals surface area contributed by atoms with E-state index in [1.807, 2.05) is 12.1 Å². The smallest absolute Gasteiger partial charge is 0.252 e. The summed E-state index contributed by atoms with van der Waals surface area (Å²) in [6, 6.07) is 7.10. The summed E-state index contributed by atoms with van der Waals surface area (Å²) < 4.78 is 32.2. The van der Waals surface area contributed by atoms with Crippen molar-refractivity contribution >= 4 is 27.3 Å². The van der Waals surface area contributed by atoms with Crippen LogP contribution in [0.4, 0.5) is 0 Å². The zero-order chi connectivity index (χ0) is 17.7. The molecule has 1 amide bonds. The Kier molecular flexibility index (Phi) is 5.93. The second-order valence-electron chi connectivity index (χ2n) is 6.11. The first-order valence-electron chi connectivity index (χ1n) is 8.41. The van der Waals surface area contributed by atoms with Gasteiger partial charge in [0.15, 0.2) is 0 Å². The van der Waals surface area contributed by atoms with Crippen LogP contribution in [0.5, 0.6) is 0 Å². The minimum Gasteiger partial charge on any atom is -0.469 e. The molecule has 0 bridgehead atoms. The number of aryl methyl sites for hydroxylation is 1. The summed E-state index contributed by atoms with van der Waals surface area (Å²) in [6.45, 7) is 1.29. The van der Waals surface area contributed by atoms with Gasteiger partial charge in [0.1, 0.15) is 9.97 Å². The van der Waals surface area contributed by atoms with Gasteiger partial charge in [-0.2, -0.15) is 4.31 Å². The van der Waals surface area contributed by atoms with E-state index in [0.717, 1.165) is 25.0 Å². The number of furan rings is 1. The molecule has 1 atom stereocenters. The molecule has 8 heteroatoms. The van der Waals surface area contributed by atoms with Crippen molar-refractivity contribution in [3.05, 3.63) is 41.7 Å². The van der Waals surface area contributed by atoms with Crippen LogP contribution < -0.4 is 5.32 Å². The molecule has 6 nitrogen and oxygen atoms in total. The van der Waals surface area contributed by atoms with Crippen LogP contribution in [0, 0.1) is 5.92 Å². The molecule has 1 saturated heterocycles. The van der Waals surface area contributed by atoms with Crippen LogP contribution in [0.1, 0.15) is 25.0 Å². The number of hydrogen-bond donors (Lipinski definition) is 1. The van der Waals surface area contributed by atoms with Crippen molar-refractivity contribution in [1.29, 1.82) is 0 Å². The molecule has 0 saturated carbocycles. The summed E-state index contributed by atoms with van der Waals surface area (Å²) >= 11 is 1.21. The van der Waals surface area contributed by atoms with E-state index < -0.39 is 10.0 Å². The predicted molar refractivity (Wildman–Crippen MR) is 95.8 cm³/mol. The fourth-order valence-electron chi connectivity index (χ4n) is 2.99. The van der Waals surface area contributed by atoms with Gasteiger partial charge in [-0.3, -0.25) is 4.79 Å². The number of hydrogen-bond acceptors (Lipinski definition) is 5. The summed E-state index contributed by atoms with van der Waals surface area (Å²) in [5.74, 6) is 0.553. The number of thiophene rings is 1. The van der Waals surface area contributed by atoms with Crippen LogP contribution in [0.25, 0.3) is 0 Å². The first-order chi connectivity index (χ1) is 12.1. The second-order valence-corrected chi connectivity index (χ2v) is 9.22. The Morgan fingerprint density at radius 1 is 1.36 bits per heavy atom. The van der Waals surface area contributed by atoms with Gasteiger partial charge in [-0.15, -0.1) is 11.3 Å². The number of nitrogens with one attached hydrogen (secondary N) is 1. The third-order valence-electron chi connectivity index (χ3n) is 4.32. The van der Waals surface area contributed by atoms with Crippen LogP contribution in [0.3, 0.4) is 0 Å². The fraction of sp³-hybridized carbons (Fsp3) is 0.471. The van der Waals surface area contributed by atoms with Crippen LogP contribution in [-0.4, -0.2) is 38.3 Å². The minimum atomic E-state index is -3.48. The molecule has 3 heterocycles. The van der Waals surface area contributed by atoms with E-state index in [0.29, 0.717) is 23.7 Å². The Hall–Kier alpha value is -1.64. The lowest BCUT2D eigenvalue weighted by Crippen LogP contribution is -2.45. The normalized spacial score (nSPS) is 19.0. The lowest BCUT2D eigenvalue weighted by molar-refractivity contribution is -0.126. The summed E-state index contributed by atoms with van der Waals surface area (Å²) in [6.07, 6.45) is 4.63. The number of rotatable bonds is 7. The Morgan fingerprint density at radius 2 is 2.24 bits per heavy atom. The number of carbonyl (C=O) groups excluding carboxylic acids is 1. The molecule has 1 aliphatic heterocycles. The van der Waals surface area contributed by atoms with E-state index in [-0.39, 0.29) is 18.4 Å². The molecule has 2 aromatic heterocycles. The minimum absolute atomic E-state index is 0.0643. The number of carbonyl (C=O) groups is 1. The van der Waals surface area contributed by atoms with Gasteiger partial charge in [0.25, 0.3) is 10.0 Å². The van der Waals surface area contributed by atoms with E-state index in [1.54, 1.807) is 23.8 Å². The van der Waals surface area contributed by atoms with Crippen LogP contribution in [-0.2, 0) is 21.2 Å². The lowest BCUT2D eigenvalue weighted by Gasteiger charge is -2.30. The van der Waals surface area contributed by atoms with Gasteiger partial charge < -0.3 is 9.73 Å². The molecule has 2 aromatic rings. The van der Waals surface area contributed by atoms with E-state index in [4.69, 9.17) is 4.42 Å². The van der Waals surface area contributed by atoms with Gasteiger partial charge in [0.2, 0.25) is 5.91 Å². The third kappa shape index (κ3) is 4.50. The van der Waals surface area contributed by atoms with Crippen molar-refractivity contribution in [3.63, 3.8) is 0 Å². The molecule has 1 N–H and O–H groups in total. The van der Waals surface area contributed by atoms with Crippen molar-refractivity contribution in [2.75, 3.05) is 19.6 Å². The van der Waals surface area contributed by atoms with Gasteiger partial charge in [0.05, 0.1) is 12.2 Å². The van der Waals surface area contributed by atoms with Gasteiger partial charge in [-0.25, -0.2) is 8.42 Å². The maximum Gasteiger partial charge on any atom is 0.252 e. The highest BCUT2D eigenvalue weighted by Gasteiger charge is 2.33. The van der Waals surface area contributed by atoms with E-state index >= 15 is 0 Å². The standard InChI is InChI=1S/C17H22N2O4S2/c20-17(18-9-1-6-15-7-3-11-23-15)14-5-2-10-19(13-14)25(21,22)16-8-4-12-24-16/h3-4,7-8,11-12,14H,1-2,5-6,9-10,13H2,(H,18,20)/t14-/m1/s1. The summed E-state index contributed by atoms with van der Waals surface area (Å²) in [5.41, 5.74) is 0. The number of amides is 1. The number of nitrogens with zero attached hydrogens (tertiary/aromatic N) is 1. The molecule has 1 aliphatic rings. The molecule has 0 spiro atoms. The lowest BCUT2D eigenvalue weighted by atomic mass is 9.99. The van der Waals surface area contributed by atoms with Crippen molar-refractivity contribution in [3.8, 4) is 0 Å². The average Bonchev–Trinajstić information content (AvgIpc) is 3.32. The maximum atomic E-state index is 12.6. The number of piperidine rings is 1. The summed E-state index contributed by atoms with van der Waals surface area (Å²) in [4.78, 5) is 12.4. The SMILES string of the molecule is O=C(NCCCc1ccco1)[C@@H]1CCCN(S(=O)(=O)c2cccs2)C1. The topological polar surface area (TPSA) is 79.6 Å². The van der Waals surface area contributed by atoms with Crippen molar-refractivity contribution in [2.45, 2.75) is 29.9 Å². The quantitative estimate of drug-likeness (QED) is 0.746. The second kappa shape index (κ2) is 8.16. The van der Waals surface area contributed by atoms with E-state index in [9.17, 15) is 13.2 Å². The molecule has 0 aromatic carbocycles. The van der Waals surface area contributed by atoms with Gasteiger partial charge >= 0.3 is 0 Å². The van der Waals surface area contributed by atoms with Gasteiger partial charge in [-0.1, -0.05) is 6.07 Å². The summed E-state index contributed by atoms with van der Waals surface area (Å²) in [7, 11) is -3.48. The van der Waals surface area contributed by atoms with Gasteiger partial charge in [0, 0.05) is 26.1 Å². The predicted octanol–water partition coefficient (Wildman–Crippen LogP) is 2.49. The fourth-order valence-corrected chi connectivity index (χ4v) is 5.65. The summed E-state index contributed by atoms with van der Waals surface area (Å²) in [5, 5.41) is 4.67. The molecule has 1 fully saturated rings. The average molecular weight is 383 g/mol. The van der Waals surface area contributed by atoms with Crippen molar-refractivity contribution < 1.29 is 17.6 Å². The highest BCUT2D eigenvalue weighted by atomic mass is 32.2. The van der Waals surface area contributed by atoms with Gasteiger partial charge in [-0.05, 0) is 42.8 Å². The molecule has 0 radical (unpaired) electrons. The Labute approximate surface area is 151 Å². The van der Waals surface area contributed by atoms with E-state index in [2.05, 4.69) is 5.32 Å². The highest BCUT2D eigenvalue weighted by Crippen LogP contribution is 2.26. The first-order valence-corrected chi connectivity index (χ1v) is 10.7. The Bertz CT molecular complexity index is 770.